The largest absolute Gasteiger partial charge is 0.352 e. The van der Waals surface area contributed by atoms with Crippen molar-refractivity contribution in [2.24, 2.45) is 0 Å². The Hall–Kier alpha value is -2.34. The van der Waals surface area contributed by atoms with E-state index in [0.29, 0.717) is 23.4 Å². The van der Waals surface area contributed by atoms with Crippen LogP contribution in [0.4, 0.5) is 5.69 Å². The van der Waals surface area contributed by atoms with E-state index < -0.39 is 10.0 Å². The van der Waals surface area contributed by atoms with E-state index in [0.717, 1.165) is 12.8 Å². The molecule has 0 saturated carbocycles. The van der Waals surface area contributed by atoms with Crippen LogP contribution in [0, 0.1) is 6.92 Å². The van der Waals surface area contributed by atoms with Gasteiger partial charge in [0, 0.05) is 17.8 Å². The van der Waals surface area contributed by atoms with Crippen molar-refractivity contribution in [1.82, 2.24) is 5.32 Å². The monoisotopic (exact) mass is 346 g/mol. The van der Waals surface area contributed by atoms with Gasteiger partial charge >= 0.3 is 0 Å². The van der Waals surface area contributed by atoms with Crippen molar-refractivity contribution in [3.05, 3.63) is 59.7 Å². The number of hydrogen-bond acceptors (Lipinski definition) is 3. The highest BCUT2D eigenvalue weighted by Gasteiger charge is 2.19. The third-order valence-electron chi connectivity index (χ3n) is 3.58. The number of para-hydroxylation sites is 1. The summed E-state index contributed by atoms with van der Waals surface area (Å²) >= 11 is 0. The minimum atomic E-state index is -3.76. The molecule has 0 heterocycles. The predicted octanol–water partition coefficient (Wildman–Crippen LogP) is 3.33. The van der Waals surface area contributed by atoms with E-state index in [-0.39, 0.29) is 10.8 Å². The van der Waals surface area contributed by atoms with Gasteiger partial charge in [0.25, 0.3) is 15.9 Å². The Bertz CT molecular complexity index is 802. The number of unbranched alkanes of at least 4 members (excludes halogenated alkanes) is 1. The molecule has 0 saturated heterocycles. The van der Waals surface area contributed by atoms with E-state index in [1.807, 2.05) is 13.0 Å². The Morgan fingerprint density at radius 2 is 1.79 bits per heavy atom. The molecule has 0 aromatic heterocycles. The number of sulfonamides is 1. The number of aryl methyl sites for hydroxylation is 1. The highest BCUT2D eigenvalue weighted by atomic mass is 32.2. The first-order chi connectivity index (χ1) is 11.4. The molecule has 2 aromatic rings. The molecule has 0 spiro atoms. The summed E-state index contributed by atoms with van der Waals surface area (Å²) in [6, 6.07) is 13.4. The van der Waals surface area contributed by atoms with Crippen LogP contribution in [0.25, 0.3) is 0 Å². The van der Waals surface area contributed by atoms with Crippen LogP contribution in [0.5, 0.6) is 0 Å². The molecule has 24 heavy (non-hydrogen) atoms. The normalized spacial score (nSPS) is 11.1. The van der Waals surface area contributed by atoms with Crippen LogP contribution < -0.4 is 10.0 Å². The first-order valence-electron chi connectivity index (χ1n) is 7.91. The maximum atomic E-state index is 12.6. The number of carbonyl (C=O) groups excluding carboxylic acids is 1. The second-order valence-corrected chi connectivity index (χ2v) is 7.21. The smallest absolute Gasteiger partial charge is 0.262 e. The lowest BCUT2D eigenvalue weighted by Crippen LogP contribution is -2.25. The highest BCUT2D eigenvalue weighted by Crippen LogP contribution is 2.20. The molecule has 0 aliphatic rings. The van der Waals surface area contributed by atoms with E-state index in [4.69, 9.17) is 0 Å². The van der Waals surface area contributed by atoms with Crippen LogP contribution >= 0.6 is 0 Å². The van der Waals surface area contributed by atoms with Crippen molar-refractivity contribution >= 4 is 21.6 Å². The predicted molar refractivity (Wildman–Crippen MR) is 95.7 cm³/mol. The molecular formula is C18H22N2O3S. The topological polar surface area (TPSA) is 75.3 Å². The quantitative estimate of drug-likeness (QED) is 0.755. The van der Waals surface area contributed by atoms with E-state index in [1.165, 1.54) is 6.07 Å². The van der Waals surface area contributed by atoms with Gasteiger partial charge in [-0.05, 0) is 43.2 Å². The first kappa shape index (κ1) is 18.0. The zero-order valence-corrected chi connectivity index (χ0v) is 14.7. The number of anilines is 1. The summed E-state index contributed by atoms with van der Waals surface area (Å²) in [5, 5.41) is 2.79. The zero-order chi connectivity index (χ0) is 17.6. The van der Waals surface area contributed by atoms with E-state index in [1.54, 1.807) is 43.3 Å². The van der Waals surface area contributed by atoms with Crippen LogP contribution in [0.2, 0.25) is 0 Å². The molecule has 128 valence electrons. The average Bonchev–Trinajstić information content (AvgIpc) is 2.55. The Balaban J connectivity index is 2.26. The van der Waals surface area contributed by atoms with Crippen molar-refractivity contribution in [3.63, 3.8) is 0 Å². The molecule has 0 aliphatic heterocycles. The molecule has 5 nitrogen and oxygen atoms in total. The summed E-state index contributed by atoms with van der Waals surface area (Å²) < 4.78 is 27.8. The summed E-state index contributed by atoms with van der Waals surface area (Å²) in [6.07, 6.45) is 1.87. The van der Waals surface area contributed by atoms with Crippen LogP contribution in [0.15, 0.2) is 53.4 Å². The zero-order valence-electron chi connectivity index (χ0n) is 13.9. The van der Waals surface area contributed by atoms with Crippen molar-refractivity contribution in [2.75, 3.05) is 11.3 Å². The molecule has 0 bridgehead atoms. The van der Waals surface area contributed by atoms with Gasteiger partial charge in [0.2, 0.25) is 0 Å². The van der Waals surface area contributed by atoms with Gasteiger partial charge in [0.1, 0.15) is 0 Å². The SMILES string of the molecule is CCCCNC(=O)c1ccc(C)c(S(=O)(=O)Nc2ccccc2)c1. The summed E-state index contributed by atoms with van der Waals surface area (Å²) in [6.45, 7) is 4.32. The molecule has 0 unspecified atom stereocenters. The molecule has 0 radical (unpaired) electrons. The Morgan fingerprint density at radius 3 is 2.46 bits per heavy atom. The number of carbonyl (C=O) groups is 1. The third-order valence-corrected chi connectivity index (χ3v) is 5.11. The van der Waals surface area contributed by atoms with Gasteiger partial charge in [0.05, 0.1) is 4.90 Å². The fraction of sp³-hybridized carbons (Fsp3) is 0.278. The van der Waals surface area contributed by atoms with Gasteiger partial charge in [-0.15, -0.1) is 0 Å². The van der Waals surface area contributed by atoms with E-state index >= 15 is 0 Å². The number of benzene rings is 2. The lowest BCUT2D eigenvalue weighted by molar-refractivity contribution is 0.0953. The lowest BCUT2D eigenvalue weighted by Gasteiger charge is -2.12. The highest BCUT2D eigenvalue weighted by molar-refractivity contribution is 7.92. The van der Waals surface area contributed by atoms with Gasteiger partial charge in [0.15, 0.2) is 0 Å². The van der Waals surface area contributed by atoms with Crippen molar-refractivity contribution < 1.29 is 13.2 Å². The molecule has 0 aliphatic carbocycles. The lowest BCUT2D eigenvalue weighted by atomic mass is 10.1. The summed E-state index contributed by atoms with van der Waals surface area (Å²) in [5.41, 5.74) is 1.41. The molecule has 1 amide bonds. The standard InChI is InChI=1S/C18H22N2O3S/c1-3-4-12-19-18(21)15-11-10-14(2)17(13-15)24(22,23)20-16-8-6-5-7-9-16/h5-11,13,20H,3-4,12H2,1-2H3,(H,19,21). The summed E-state index contributed by atoms with van der Waals surface area (Å²) in [5.74, 6) is -0.264. The van der Waals surface area contributed by atoms with Crippen molar-refractivity contribution in [2.45, 2.75) is 31.6 Å². The van der Waals surface area contributed by atoms with E-state index in [9.17, 15) is 13.2 Å². The van der Waals surface area contributed by atoms with Gasteiger partial charge < -0.3 is 5.32 Å². The maximum Gasteiger partial charge on any atom is 0.262 e. The Kier molecular flexibility index (Phi) is 5.98. The molecule has 0 atom stereocenters. The molecule has 2 N–H and O–H groups in total. The minimum absolute atomic E-state index is 0.106. The fourth-order valence-corrected chi connectivity index (χ4v) is 3.56. The van der Waals surface area contributed by atoms with Crippen LogP contribution in [0.1, 0.15) is 35.7 Å². The number of rotatable bonds is 7. The van der Waals surface area contributed by atoms with Gasteiger partial charge in [-0.2, -0.15) is 0 Å². The third kappa shape index (κ3) is 4.58. The average molecular weight is 346 g/mol. The van der Waals surface area contributed by atoms with Crippen LogP contribution in [-0.4, -0.2) is 20.9 Å². The van der Waals surface area contributed by atoms with Gasteiger partial charge in [-0.3, -0.25) is 9.52 Å². The Labute approximate surface area is 143 Å². The Morgan fingerprint density at radius 1 is 1.08 bits per heavy atom. The molecular weight excluding hydrogens is 324 g/mol. The van der Waals surface area contributed by atoms with Gasteiger partial charge in [-0.25, -0.2) is 8.42 Å². The number of hydrogen-bond donors (Lipinski definition) is 2. The van der Waals surface area contributed by atoms with Crippen LogP contribution in [0.3, 0.4) is 0 Å². The molecule has 6 heteroatoms. The fourth-order valence-electron chi connectivity index (χ4n) is 2.23. The molecule has 2 rings (SSSR count). The molecule has 2 aromatic carbocycles. The molecule has 0 fully saturated rings. The summed E-state index contributed by atoms with van der Waals surface area (Å²) in [4.78, 5) is 12.2. The van der Waals surface area contributed by atoms with Crippen molar-refractivity contribution in [1.29, 1.82) is 0 Å². The second kappa shape index (κ2) is 7.97. The van der Waals surface area contributed by atoms with Crippen molar-refractivity contribution in [3.8, 4) is 0 Å². The van der Waals surface area contributed by atoms with Crippen LogP contribution in [-0.2, 0) is 10.0 Å². The number of amides is 1. The second-order valence-electron chi connectivity index (χ2n) is 5.56. The van der Waals surface area contributed by atoms with Gasteiger partial charge in [-0.1, -0.05) is 37.6 Å². The minimum Gasteiger partial charge on any atom is -0.352 e. The number of nitrogens with one attached hydrogen (secondary N) is 2. The maximum absolute atomic E-state index is 12.6. The van der Waals surface area contributed by atoms with E-state index in [2.05, 4.69) is 10.0 Å². The first-order valence-corrected chi connectivity index (χ1v) is 9.39. The summed E-state index contributed by atoms with van der Waals surface area (Å²) in [7, 11) is -3.76.